The van der Waals surface area contributed by atoms with E-state index in [0.29, 0.717) is 10.6 Å². The third-order valence-corrected chi connectivity index (χ3v) is 6.44. The van der Waals surface area contributed by atoms with Gasteiger partial charge in [0, 0.05) is 22.5 Å². The molecule has 2 N–H and O–H groups in total. The first kappa shape index (κ1) is 17.0. The molecular weight excluding hydrogens is 370 g/mol. The van der Waals surface area contributed by atoms with Gasteiger partial charge in [-0.25, -0.2) is 4.98 Å². The van der Waals surface area contributed by atoms with Crippen molar-refractivity contribution < 1.29 is 9.53 Å². The van der Waals surface area contributed by atoms with Gasteiger partial charge in [0.1, 0.15) is 15.5 Å². The number of nitrogens with two attached hydrogens (primary N) is 1. The van der Waals surface area contributed by atoms with Gasteiger partial charge in [0.25, 0.3) is 5.91 Å². The number of anilines is 2. The van der Waals surface area contributed by atoms with Gasteiger partial charge in [-0.1, -0.05) is 18.2 Å². The third kappa shape index (κ3) is 2.45. The number of aromatic nitrogens is 1. The van der Waals surface area contributed by atoms with Crippen molar-refractivity contribution in [2.24, 2.45) is 0 Å². The Morgan fingerprint density at radius 3 is 2.89 bits per heavy atom. The molecule has 0 bridgehead atoms. The zero-order valence-electron chi connectivity index (χ0n) is 15.6. The third-order valence-electron chi connectivity index (χ3n) is 5.34. The molecule has 2 aromatic carbocycles. The number of pyridine rings is 1. The van der Waals surface area contributed by atoms with Gasteiger partial charge in [-0.15, -0.1) is 11.3 Å². The summed E-state index contributed by atoms with van der Waals surface area (Å²) in [5, 5.41) is 1.75. The van der Waals surface area contributed by atoms with Gasteiger partial charge in [0.2, 0.25) is 0 Å². The lowest BCUT2D eigenvalue weighted by Crippen LogP contribution is -2.35. The highest BCUT2D eigenvalue weighted by Gasteiger charge is 2.33. The summed E-state index contributed by atoms with van der Waals surface area (Å²) in [7, 11) is 1.64. The van der Waals surface area contributed by atoms with Crippen LogP contribution in [-0.4, -0.2) is 24.0 Å². The molecular formula is C22H19N3O2S. The van der Waals surface area contributed by atoms with Crippen molar-refractivity contribution in [1.82, 2.24) is 4.98 Å². The van der Waals surface area contributed by atoms with Crippen molar-refractivity contribution in [2.75, 3.05) is 17.7 Å². The van der Waals surface area contributed by atoms with E-state index in [4.69, 9.17) is 15.5 Å². The lowest BCUT2D eigenvalue weighted by molar-refractivity contribution is 0.0986. The quantitative estimate of drug-likeness (QED) is 0.543. The van der Waals surface area contributed by atoms with Crippen molar-refractivity contribution in [1.29, 1.82) is 0 Å². The average Bonchev–Trinajstić information content (AvgIpc) is 3.21. The number of nitrogens with zero attached hydrogens (tertiary/aromatic N) is 2. The highest BCUT2D eigenvalue weighted by molar-refractivity contribution is 7.21. The van der Waals surface area contributed by atoms with Gasteiger partial charge in [0.15, 0.2) is 0 Å². The Morgan fingerprint density at radius 2 is 2.07 bits per heavy atom. The number of benzene rings is 2. The van der Waals surface area contributed by atoms with Crippen LogP contribution in [0.3, 0.4) is 0 Å². The largest absolute Gasteiger partial charge is 0.497 e. The number of nitrogen functional groups attached to an aromatic ring is 1. The molecule has 0 fully saturated rings. The Bertz CT molecular complexity index is 1250. The molecule has 0 aliphatic carbocycles. The van der Waals surface area contributed by atoms with Gasteiger partial charge in [-0.2, -0.15) is 0 Å². The first-order valence-corrected chi connectivity index (χ1v) is 9.96. The van der Waals surface area contributed by atoms with Crippen LogP contribution in [0.2, 0.25) is 0 Å². The van der Waals surface area contributed by atoms with Crippen LogP contribution >= 0.6 is 11.3 Å². The van der Waals surface area contributed by atoms with Crippen LogP contribution in [0, 0.1) is 0 Å². The number of para-hydroxylation sites is 1. The van der Waals surface area contributed by atoms with E-state index in [1.807, 2.05) is 47.4 Å². The Morgan fingerprint density at radius 1 is 1.25 bits per heavy atom. The van der Waals surface area contributed by atoms with E-state index in [2.05, 4.69) is 13.0 Å². The van der Waals surface area contributed by atoms with Crippen LogP contribution < -0.4 is 15.4 Å². The normalized spacial score (nSPS) is 15.9. The number of rotatable bonds is 2. The molecule has 1 atom stereocenters. The van der Waals surface area contributed by atoms with Gasteiger partial charge in [-0.3, -0.25) is 4.79 Å². The van der Waals surface area contributed by atoms with E-state index in [-0.39, 0.29) is 11.9 Å². The summed E-state index contributed by atoms with van der Waals surface area (Å²) in [6.45, 7) is 2.07. The molecule has 2 aromatic heterocycles. The fourth-order valence-corrected chi connectivity index (χ4v) is 4.97. The summed E-state index contributed by atoms with van der Waals surface area (Å²) in [6, 6.07) is 15.9. The second kappa shape index (κ2) is 6.21. The number of methoxy groups -OCH3 is 1. The maximum Gasteiger partial charge on any atom is 0.270 e. The van der Waals surface area contributed by atoms with Gasteiger partial charge < -0.3 is 15.4 Å². The number of hydrogen-bond acceptors (Lipinski definition) is 5. The zero-order chi connectivity index (χ0) is 19.4. The first-order valence-electron chi connectivity index (χ1n) is 9.15. The monoisotopic (exact) mass is 389 g/mol. The number of amides is 1. The first-order chi connectivity index (χ1) is 13.6. The molecule has 1 aliphatic heterocycles. The maximum absolute atomic E-state index is 13.4. The SMILES string of the molecule is COc1ccc2nc3sc(C(=O)N4c5ccccc5C[C@@H]4C)c(N)c3cc2c1. The van der Waals surface area contributed by atoms with Crippen LogP contribution in [0.4, 0.5) is 11.4 Å². The molecule has 1 amide bonds. The predicted octanol–water partition coefficient (Wildman–Crippen LogP) is 4.63. The Kier molecular flexibility index (Phi) is 3.77. The Balaban J connectivity index is 1.64. The molecule has 1 aliphatic rings. The average molecular weight is 389 g/mol. The Hall–Kier alpha value is -3.12. The van der Waals surface area contributed by atoms with Crippen molar-refractivity contribution in [3.05, 3.63) is 59.0 Å². The minimum Gasteiger partial charge on any atom is -0.497 e. The molecule has 5 nitrogen and oxygen atoms in total. The van der Waals surface area contributed by atoms with E-state index in [0.717, 1.165) is 39.0 Å². The molecule has 28 heavy (non-hydrogen) atoms. The number of ether oxygens (including phenoxy) is 1. The molecule has 6 heteroatoms. The van der Waals surface area contributed by atoms with Crippen LogP contribution in [-0.2, 0) is 6.42 Å². The molecule has 0 radical (unpaired) electrons. The van der Waals surface area contributed by atoms with Crippen LogP contribution in [0.1, 0.15) is 22.2 Å². The molecule has 3 heterocycles. The van der Waals surface area contributed by atoms with E-state index >= 15 is 0 Å². The summed E-state index contributed by atoms with van der Waals surface area (Å²) in [4.78, 5) is 21.3. The highest BCUT2D eigenvalue weighted by atomic mass is 32.1. The number of carbonyl (C=O) groups excluding carboxylic acids is 1. The maximum atomic E-state index is 13.4. The fourth-order valence-electron chi connectivity index (χ4n) is 3.95. The molecule has 5 rings (SSSR count). The number of carbonyl (C=O) groups is 1. The predicted molar refractivity (Wildman–Crippen MR) is 115 cm³/mol. The minimum absolute atomic E-state index is 0.0559. The van der Waals surface area contributed by atoms with Crippen molar-refractivity contribution in [3.8, 4) is 5.75 Å². The summed E-state index contributed by atoms with van der Waals surface area (Å²) >= 11 is 1.36. The van der Waals surface area contributed by atoms with Crippen LogP contribution in [0.5, 0.6) is 5.75 Å². The van der Waals surface area contributed by atoms with Crippen LogP contribution in [0.25, 0.3) is 21.1 Å². The van der Waals surface area contributed by atoms with E-state index in [1.165, 1.54) is 16.9 Å². The van der Waals surface area contributed by atoms with Gasteiger partial charge >= 0.3 is 0 Å². The summed E-state index contributed by atoms with van der Waals surface area (Å²) in [5.74, 6) is 0.709. The minimum atomic E-state index is -0.0559. The van der Waals surface area contributed by atoms with E-state index in [9.17, 15) is 4.79 Å². The lowest BCUT2D eigenvalue weighted by Gasteiger charge is -2.22. The van der Waals surface area contributed by atoms with Gasteiger partial charge in [-0.05, 0) is 49.2 Å². The molecule has 140 valence electrons. The summed E-state index contributed by atoms with van der Waals surface area (Å²) in [6.07, 6.45) is 0.856. The zero-order valence-corrected chi connectivity index (χ0v) is 16.4. The summed E-state index contributed by atoms with van der Waals surface area (Å²) < 4.78 is 5.30. The smallest absolute Gasteiger partial charge is 0.270 e. The van der Waals surface area contributed by atoms with Gasteiger partial charge in [0.05, 0.1) is 18.3 Å². The van der Waals surface area contributed by atoms with E-state index in [1.54, 1.807) is 7.11 Å². The number of fused-ring (bicyclic) bond motifs is 3. The highest BCUT2D eigenvalue weighted by Crippen LogP contribution is 2.39. The van der Waals surface area contributed by atoms with Crippen LogP contribution in [0.15, 0.2) is 48.5 Å². The standard InChI is InChI=1S/C22H19N3O2S/c1-12-9-13-5-3-4-6-18(13)25(12)22(26)20-19(23)16-11-14-10-15(27-2)7-8-17(14)24-21(16)28-20/h3-8,10-12H,9,23H2,1-2H3/t12-/m0/s1. The van der Waals surface area contributed by atoms with E-state index < -0.39 is 0 Å². The molecule has 0 saturated carbocycles. The fraction of sp³-hybridized carbons (Fsp3) is 0.182. The Labute approximate surface area is 166 Å². The topological polar surface area (TPSA) is 68.5 Å². The van der Waals surface area contributed by atoms with Crippen molar-refractivity contribution >= 4 is 49.7 Å². The second-order valence-electron chi connectivity index (χ2n) is 7.10. The van der Waals surface area contributed by atoms with Crippen molar-refractivity contribution in [3.63, 3.8) is 0 Å². The van der Waals surface area contributed by atoms with Crippen molar-refractivity contribution in [2.45, 2.75) is 19.4 Å². The lowest BCUT2D eigenvalue weighted by atomic mass is 10.1. The molecule has 4 aromatic rings. The number of thiophene rings is 1. The molecule has 0 unspecified atom stereocenters. The molecule has 0 saturated heterocycles. The second-order valence-corrected chi connectivity index (χ2v) is 8.10. The number of hydrogen-bond donors (Lipinski definition) is 1. The molecule has 0 spiro atoms. The summed E-state index contributed by atoms with van der Waals surface area (Å²) in [5.41, 5.74) is 9.95.